The monoisotopic (exact) mass is 824 g/mol. The second-order valence-electron chi connectivity index (χ2n) is 16.5. The van der Waals surface area contributed by atoms with Crippen LogP contribution in [0.1, 0.15) is 83.5 Å². The van der Waals surface area contributed by atoms with Gasteiger partial charge in [0.2, 0.25) is 27.7 Å². The van der Waals surface area contributed by atoms with E-state index in [-0.39, 0.29) is 25.5 Å². The van der Waals surface area contributed by atoms with Gasteiger partial charge in [0.25, 0.3) is 5.91 Å². The molecular formula is C42H48N8O8S. The van der Waals surface area contributed by atoms with Crippen molar-refractivity contribution < 1.29 is 37.1 Å². The molecule has 16 nitrogen and oxygen atoms in total. The van der Waals surface area contributed by atoms with Crippen molar-refractivity contribution in [3.05, 3.63) is 67.0 Å². The molecule has 4 aromatic rings. The number of carbonyl (C=O) groups excluding carboxylic acids is 4. The van der Waals surface area contributed by atoms with Crippen LogP contribution in [-0.2, 0) is 29.1 Å². The molecule has 5 heterocycles. The molecule has 4 amide bonds. The van der Waals surface area contributed by atoms with Gasteiger partial charge in [-0.1, -0.05) is 37.1 Å². The molecule has 3 aliphatic carbocycles. The summed E-state index contributed by atoms with van der Waals surface area (Å²) < 4.78 is 42.1. The summed E-state index contributed by atoms with van der Waals surface area (Å²) in [6, 6.07) is 10.9. The fraction of sp³-hybridized carbons (Fsp3) is 0.500. The third-order valence-electron chi connectivity index (χ3n) is 12.2. The molecule has 0 spiro atoms. The van der Waals surface area contributed by atoms with Gasteiger partial charge in [0.15, 0.2) is 5.65 Å². The number of benzene rings is 1. The molecule has 59 heavy (non-hydrogen) atoms. The molecule has 9 rings (SSSR count). The number of alkyl carbamates (subject to hydrolysis) is 1. The van der Waals surface area contributed by atoms with Crippen molar-refractivity contribution in [1.29, 1.82) is 0 Å². The van der Waals surface area contributed by atoms with E-state index in [4.69, 9.17) is 19.6 Å². The first-order valence-corrected chi connectivity index (χ1v) is 22.3. The average molecular weight is 825 g/mol. The van der Waals surface area contributed by atoms with E-state index in [1.54, 1.807) is 23.0 Å². The van der Waals surface area contributed by atoms with Crippen LogP contribution in [0.25, 0.3) is 27.8 Å². The molecule has 0 radical (unpaired) electrons. The number of hydrogen-bond donors (Lipinski definition) is 3. The number of sulfonamides is 1. The molecule has 3 N–H and O–H groups in total. The van der Waals surface area contributed by atoms with Crippen molar-refractivity contribution in [2.45, 2.75) is 119 Å². The molecule has 5 atom stereocenters. The van der Waals surface area contributed by atoms with Crippen molar-refractivity contribution in [1.82, 2.24) is 39.8 Å². The fourth-order valence-electron chi connectivity index (χ4n) is 8.70. The van der Waals surface area contributed by atoms with E-state index in [9.17, 15) is 27.6 Å². The third kappa shape index (κ3) is 8.08. The molecule has 3 aromatic heterocycles. The minimum absolute atomic E-state index is 0.0296. The number of amides is 4. The number of aromatic nitrogens is 4. The highest BCUT2D eigenvalue weighted by Crippen LogP contribution is 2.46. The number of allylic oxidation sites excluding steroid dienone is 1. The highest BCUT2D eigenvalue weighted by molar-refractivity contribution is 7.91. The standard InChI is InChI=1S/C42H48N8O8S/c51-38-35-21-29(57-36-22-34(26-11-10-20-43-24-26)44-37-31-15-8-9-16-32(31)47-50(36)37)25-49(35)39(52)33(45-41(54)58-28-13-6-7-14-28)17-5-3-1-2-4-12-27-23-42(27,46-38)40(53)48-59(55,56)30-18-19-30/h4,8-12,15-16,20,22,24,27-30,33,35H,1-3,5-7,13-14,17-19,21,23,25H2,(H,45,54)(H,46,51)(H,48,53)/b12-4-/t27-,29+,33-,35-,42+/m0/s1. The van der Waals surface area contributed by atoms with Gasteiger partial charge in [0, 0.05) is 41.7 Å². The zero-order chi connectivity index (χ0) is 40.7. The van der Waals surface area contributed by atoms with Crippen LogP contribution in [0.3, 0.4) is 0 Å². The molecule has 0 unspecified atom stereocenters. The molecule has 0 bridgehead atoms. The minimum Gasteiger partial charge on any atom is -0.472 e. The number of rotatable bonds is 8. The predicted molar refractivity (Wildman–Crippen MR) is 215 cm³/mol. The zero-order valence-electron chi connectivity index (χ0n) is 32.6. The Labute approximate surface area is 341 Å². The first-order chi connectivity index (χ1) is 28.6. The first-order valence-electron chi connectivity index (χ1n) is 20.8. The Morgan fingerprint density at radius 2 is 1.76 bits per heavy atom. The lowest BCUT2D eigenvalue weighted by molar-refractivity contribution is -0.141. The maximum Gasteiger partial charge on any atom is 0.408 e. The summed E-state index contributed by atoms with van der Waals surface area (Å²) in [5.74, 6) is -2.00. The molecular weight excluding hydrogens is 777 g/mol. The van der Waals surface area contributed by atoms with Gasteiger partial charge in [0.05, 0.1) is 23.0 Å². The predicted octanol–water partition coefficient (Wildman–Crippen LogP) is 4.33. The largest absolute Gasteiger partial charge is 0.472 e. The Morgan fingerprint density at radius 1 is 0.949 bits per heavy atom. The third-order valence-corrected chi connectivity index (χ3v) is 14.0. The Bertz CT molecular complexity index is 2410. The molecule has 310 valence electrons. The topological polar surface area (TPSA) is 203 Å². The summed E-state index contributed by atoms with van der Waals surface area (Å²) in [6.07, 6.45) is 13.4. The Morgan fingerprint density at radius 3 is 2.56 bits per heavy atom. The number of nitrogens with one attached hydrogen (secondary N) is 3. The van der Waals surface area contributed by atoms with Crippen LogP contribution in [-0.4, -0.2) is 98.3 Å². The van der Waals surface area contributed by atoms with E-state index < -0.39 is 68.7 Å². The van der Waals surface area contributed by atoms with E-state index in [0.717, 1.165) is 49.5 Å². The van der Waals surface area contributed by atoms with Crippen LogP contribution in [0.5, 0.6) is 5.88 Å². The van der Waals surface area contributed by atoms with Crippen molar-refractivity contribution >= 4 is 50.4 Å². The summed E-state index contributed by atoms with van der Waals surface area (Å²) in [5.41, 5.74) is 1.06. The van der Waals surface area contributed by atoms with Gasteiger partial charge in [0.1, 0.15) is 29.8 Å². The van der Waals surface area contributed by atoms with Gasteiger partial charge >= 0.3 is 6.09 Å². The maximum atomic E-state index is 14.7. The van der Waals surface area contributed by atoms with Gasteiger partial charge in [-0.05, 0) is 88.5 Å². The number of hydrogen-bond acceptors (Lipinski definition) is 11. The molecule has 17 heteroatoms. The average Bonchev–Trinajstić information content (AvgIpc) is 4.04. The summed E-state index contributed by atoms with van der Waals surface area (Å²) in [4.78, 5) is 67.0. The van der Waals surface area contributed by atoms with Crippen LogP contribution < -0.4 is 20.1 Å². The molecule has 1 aromatic carbocycles. The minimum atomic E-state index is -3.91. The fourth-order valence-corrected chi connectivity index (χ4v) is 10.1. The summed E-state index contributed by atoms with van der Waals surface area (Å²) >= 11 is 0. The molecule has 2 aliphatic heterocycles. The van der Waals surface area contributed by atoms with E-state index in [1.807, 2.05) is 48.6 Å². The Kier molecular flexibility index (Phi) is 10.5. The Hall–Kier alpha value is -5.58. The number of ether oxygens (including phenoxy) is 2. The molecule has 1 saturated heterocycles. The van der Waals surface area contributed by atoms with Gasteiger partial charge in [-0.15, -0.1) is 0 Å². The van der Waals surface area contributed by atoms with Crippen LogP contribution in [0.15, 0.2) is 67.0 Å². The molecule has 5 aliphatic rings. The van der Waals surface area contributed by atoms with E-state index in [0.29, 0.717) is 54.8 Å². The second kappa shape index (κ2) is 15.9. The Balaban J connectivity index is 1.05. The quantitative estimate of drug-likeness (QED) is 0.214. The van der Waals surface area contributed by atoms with Crippen molar-refractivity contribution in [2.24, 2.45) is 5.92 Å². The van der Waals surface area contributed by atoms with Crippen molar-refractivity contribution in [3.8, 4) is 17.1 Å². The van der Waals surface area contributed by atoms with Gasteiger partial charge in [-0.2, -0.15) is 9.61 Å². The van der Waals surface area contributed by atoms with Crippen molar-refractivity contribution in [3.63, 3.8) is 0 Å². The zero-order valence-corrected chi connectivity index (χ0v) is 33.4. The second-order valence-corrected chi connectivity index (χ2v) is 18.4. The lowest BCUT2D eigenvalue weighted by Crippen LogP contribution is -2.58. The van der Waals surface area contributed by atoms with Crippen LogP contribution >= 0.6 is 0 Å². The molecule has 3 saturated carbocycles. The van der Waals surface area contributed by atoms with E-state index in [2.05, 4.69) is 20.3 Å². The SMILES string of the molecule is O=C(N[C@H]1CCCCC/C=C\[C@H]2C[C@@]2(C(=O)NS(=O)(=O)C2CC2)NC(=O)[C@@H]2C[C@@H](Oc3cc(-c4cccnc4)nc4c5ccccc5nn34)CN2C1=O)OC1CCCC1. The van der Waals surface area contributed by atoms with E-state index in [1.165, 1.54) is 4.90 Å². The van der Waals surface area contributed by atoms with Gasteiger partial charge < -0.3 is 25.0 Å². The molecule has 4 fully saturated rings. The smallest absolute Gasteiger partial charge is 0.408 e. The number of nitrogens with zero attached hydrogens (tertiary/aromatic N) is 5. The summed E-state index contributed by atoms with van der Waals surface area (Å²) in [5, 5.41) is 10.7. The number of carbonyl (C=O) groups is 4. The maximum absolute atomic E-state index is 14.7. The van der Waals surface area contributed by atoms with Gasteiger partial charge in [-0.3, -0.25) is 24.1 Å². The normalized spacial score (nSPS) is 27.2. The van der Waals surface area contributed by atoms with E-state index >= 15 is 0 Å². The lowest BCUT2D eigenvalue weighted by atomic mass is 10.0. The van der Waals surface area contributed by atoms with Gasteiger partial charge in [-0.25, -0.2) is 18.2 Å². The highest BCUT2D eigenvalue weighted by atomic mass is 32.2. The summed E-state index contributed by atoms with van der Waals surface area (Å²) in [7, 11) is -3.91. The highest BCUT2D eigenvalue weighted by Gasteiger charge is 2.62. The van der Waals surface area contributed by atoms with Crippen LogP contribution in [0.4, 0.5) is 4.79 Å². The van der Waals surface area contributed by atoms with Crippen LogP contribution in [0.2, 0.25) is 0 Å². The van der Waals surface area contributed by atoms with Crippen molar-refractivity contribution in [2.75, 3.05) is 6.54 Å². The first kappa shape index (κ1) is 38.9. The number of fused-ring (bicyclic) bond motifs is 5. The summed E-state index contributed by atoms with van der Waals surface area (Å²) in [6.45, 7) is -0.0296. The van der Waals surface area contributed by atoms with Crippen LogP contribution in [0, 0.1) is 5.92 Å². The number of pyridine rings is 1. The lowest BCUT2D eigenvalue weighted by Gasteiger charge is -2.30.